The molecule has 3 N–H and O–H groups in total. The van der Waals surface area contributed by atoms with E-state index in [0.717, 1.165) is 5.56 Å². The van der Waals surface area contributed by atoms with Crippen LogP contribution in [0.15, 0.2) is 53.5 Å². The van der Waals surface area contributed by atoms with E-state index in [0.29, 0.717) is 36.8 Å². The Morgan fingerprint density at radius 3 is 2.62 bits per heavy atom. The minimum absolute atomic E-state index is 0.0101. The lowest BCUT2D eigenvalue weighted by Crippen LogP contribution is -2.42. The standard InChI is InChI=1S/C26H29ClFN5O4/c1-16(2)37-23-8-7-20(13-21(23)28)30-25-29-14-22(32-26(35)31-19-9-11-36-12-10-19)24(34)33(25)15-17-3-5-18(27)6-4-17/h3-8,13-14,16,19H,9-12,15H2,1-2H3,(H,29,30)(H2,31,32,35). The number of rotatable bonds is 8. The summed E-state index contributed by atoms with van der Waals surface area (Å²) < 4.78 is 26.7. The first-order valence-electron chi connectivity index (χ1n) is 12.0. The van der Waals surface area contributed by atoms with Gasteiger partial charge >= 0.3 is 6.03 Å². The highest BCUT2D eigenvalue weighted by molar-refractivity contribution is 6.30. The van der Waals surface area contributed by atoms with Gasteiger partial charge in [0.15, 0.2) is 11.6 Å². The lowest BCUT2D eigenvalue weighted by Gasteiger charge is -2.23. The average Bonchev–Trinajstić information content (AvgIpc) is 2.86. The number of carbonyl (C=O) groups is 1. The topological polar surface area (TPSA) is 107 Å². The van der Waals surface area contributed by atoms with E-state index in [4.69, 9.17) is 21.1 Å². The normalized spacial score (nSPS) is 13.9. The number of aromatic nitrogens is 2. The van der Waals surface area contributed by atoms with Gasteiger partial charge in [0.05, 0.1) is 18.8 Å². The molecular weight excluding hydrogens is 501 g/mol. The first-order chi connectivity index (χ1) is 17.8. The predicted molar refractivity (Wildman–Crippen MR) is 140 cm³/mol. The van der Waals surface area contributed by atoms with Gasteiger partial charge in [-0.25, -0.2) is 14.2 Å². The average molecular weight is 530 g/mol. The van der Waals surface area contributed by atoms with E-state index < -0.39 is 17.4 Å². The van der Waals surface area contributed by atoms with Gasteiger partial charge in [0.1, 0.15) is 5.69 Å². The molecule has 0 saturated carbocycles. The highest BCUT2D eigenvalue weighted by Gasteiger charge is 2.18. The molecule has 0 spiro atoms. The first kappa shape index (κ1) is 26.4. The first-order valence-corrected chi connectivity index (χ1v) is 12.4. The number of nitrogens with one attached hydrogen (secondary N) is 3. The number of hydrogen-bond donors (Lipinski definition) is 3. The molecule has 4 rings (SSSR count). The summed E-state index contributed by atoms with van der Waals surface area (Å²) in [6.07, 6.45) is 2.50. The molecule has 196 valence electrons. The Morgan fingerprint density at radius 1 is 1.22 bits per heavy atom. The number of halogens is 2. The molecule has 3 aromatic rings. The predicted octanol–water partition coefficient (Wildman–Crippen LogP) is 4.92. The molecule has 1 aliphatic heterocycles. The molecule has 0 unspecified atom stereocenters. The largest absolute Gasteiger partial charge is 0.488 e. The number of ether oxygens (including phenoxy) is 2. The number of benzene rings is 2. The van der Waals surface area contributed by atoms with E-state index in [1.165, 1.54) is 22.9 Å². The molecule has 0 aliphatic carbocycles. The minimum Gasteiger partial charge on any atom is -0.488 e. The Balaban J connectivity index is 1.60. The smallest absolute Gasteiger partial charge is 0.319 e. The van der Waals surface area contributed by atoms with Crippen molar-refractivity contribution in [3.05, 3.63) is 75.4 Å². The van der Waals surface area contributed by atoms with Crippen LogP contribution in [0.2, 0.25) is 5.02 Å². The molecule has 2 amide bonds. The summed E-state index contributed by atoms with van der Waals surface area (Å²) in [6.45, 7) is 4.91. The van der Waals surface area contributed by atoms with Crippen molar-refractivity contribution in [2.24, 2.45) is 0 Å². The van der Waals surface area contributed by atoms with Gasteiger partial charge in [0, 0.05) is 36.0 Å². The van der Waals surface area contributed by atoms with Crippen LogP contribution in [0.4, 0.5) is 26.5 Å². The molecule has 0 atom stereocenters. The van der Waals surface area contributed by atoms with E-state index in [1.54, 1.807) is 30.3 Å². The number of amides is 2. The fourth-order valence-electron chi connectivity index (χ4n) is 3.84. The maximum Gasteiger partial charge on any atom is 0.319 e. The summed E-state index contributed by atoms with van der Waals surface area (Å²) in [6, 6.07) is 10.9. The lowest BCUT2D eigenvalue weighted by molar-refractivity contribution is 0.0806. The van der Waals surface area contributed by atoms with Crippen molar-refractivity contribution >= 4 is 35.0 Å². The van der Waals surface area contributed by atoms with Crippen LogP contribution in [0.25, 0.3) is 0 Å². The molecule has 1 saturated heterocycles. The monoisotopic (exact) mass is 529 g/mol. The van der Waals surface area contributed by atoms with Gasteiger partial charge in [0.2, 0.25) is 5.95 Å². The third kappa shape index (κ3) is 7.21. The van der Waals surface area contributed by atoms with Crippen LogP contribution < -0.4 is 26.2 Å². The van der Waals surface area contributed by atoms with Gasteiger partial charge in [-0.05, 0) is 56.5 Å². The van der Waals surface area contributed by atoms with Crippen molar-refractivity contribution < 1.29 is 18.7 Å². The van der Waals surface area contributed by atoms with Gasteiger partial charge in [-0.3, -0.25) is 9.36 Å². The quantitative estimate of drug-likeness (QED) is 0.382. The second-order valence-corrected chi connectivity index (χ2v) is 9.37. The van der Waals surface area contributed by atoms with Crippen LogP contribution in [0, 0.1) is 5.82 Å². The molecule has 2 aromatic carbocycles. The van der Waals surface area contributed by atoms with E-state index in [1.807, 2.05) is 13.8 Å². The summed E-state index contributed by atoms with van der Waals surface area (Å²) in [7, 11) is 0. The fraction of sp³-hybridized carbons (Fsp3) is 0.346. The molecule has 11 heteroatoms. The Bertz CT molecular complexity index is 1290. The molecule has 0 radical (unpaired) electrons. The lowest BCUT2D eigenvalue weighted by atomic mass is 10.1. The van der Waals surface area contributed by atoms with Crippen molar-refractivity contribution in [3.63, 3.8) is 0 Å². The van der Waals surface area contributed by atoms with Crippen molar-refractivity contribution in [3.8, 4) is 5.75 Å². The number of anilines is 3. The highest BCUT2D eigenvalue weighted by atomic mass is 35.5. The number of hydrogen-bond acceptors (Lipinski definition) is 6. The van der Waals surface area contributed by atoms with Crippen molar-refractivity contribution in [2.45, 2.75) is 45.4 Å². The Kier molecular flexibility index (Phi) is 8.62. The maximum absolute atomic E-state index is 14.5. The third-order valence-electron chi connectivity index (χ3n) is 5.66. The highest BCUT2D eigenvalue weighted by Crippen LogP contribution is 2.24. The SMILES string of the molecule is CC(C)Oc1ccc(Nc2ncc(NC(=O)NC3CCOCC3)c(=O)n2Cc2ccc(Cl)cc2)cc1F. The maximum atomic E-state index is 14.5. The number of nitrogens with zero attached hydrogens (tertiary/aromatic N) is 2. The van der Waals surface area contributed by atoms with Crippen molar-refractivity contribution in [1.82, 2.24) is 14.9 Å². The zero-order chi connectivity index (χ0) is 26.4. The van der Waals surface area contributed by atoms with E-state index >= 15 is 0 Å². The minimum atomic E-state index is -0.548. The molecule has 37 heavy (non-hydrogen) atoms. The van der Waals surface area contributed by atoms with Gasteiger partial charge in [-0.15, -0.1) is 0 Å². The third-order valence-corrected chi connectivity index (χ3v) is 5.91. The molecule has 0 bridgehead atoms. The van der Waals surface area contributed by atoms with Gasteiger partial charge < -0.3 is 25.4 Å². The summed E-state index contributed by atoms with van der Waals surface area (Å²) in [5, 5.41) is 9.03. The molecule has 2 heterocycles. The Hall–Kier alpha value is -3.63. The van der Waals surface area contributed by atoms with Gasteiger partial charge in [-0.2, -0.15) is 0 Å². The molecule has 1 aliphatic rings. The summed E-state index contributed by atoms with van der Waals surface area (Å²) in [4.78, 5) is 30.3. The van der Waals surface area contributed by atoms with Gasteiger partial charge in [0.25, 0.3) is 5.56 Å². The zero-order valence-corrected chi connectivity index (χ0v) is 21.3. The molecule has 9 nitrogen and oxygen atoms in total. The van der Waals surface area contributed by atoms with Crippen LogP contribution >= 0.6 is 11.6 Å². The summed E-state index contributed by atoms with van der Waals surface area (Å²) in [5.41, 5.74) is 0.695. The Morgan fingerprint density at radius 2 is 1.95 bits per heavy atom. The van der Waals surface area contributed by atoms with Crippen LogP contribution in [0.5, 0.6) is 5.75 Å². The molecule has 1 aromatic heterocycles. The van der Waals surface area contributed by atoms with Crippen LogP contribution in [0.1, 0.15) is 32.3 Å². The van der Waals surface area contributed by atoms with Crippen molar-refractivity contribution in [2.75, 3.05) is 23.8 Å². The summed E-state index contributed by atoms with van der Waals surface area (Å²) >= 11 is 6.00. The van der Waals surface area contributed by atoms with E-state index in [2.05, 4.69) is 20.9 Å². The van der Waals surface area contributed by atoms with Crippen LogP contribution in [-0.2, 0) is 11.3 Å². The van der Waals surface area contributed by atoms with E-state index in [9.17, 15) is 14.0 Å². The number of urea groups is 1. The second kappa shape index (κ2) is 12.1. The zero-order valence-electron chi connectivity index (χ0n) is 20.6. The summed E-state index contributed by atoms with van der Waals surface area (Å²) in [5.74, 6) is -0.247. The van der Waals surface area contributed by atoms with E-state index in [-0.39, 0.29) is 36.1 Å². The molecule has 1 fully saturated rings. The number of carbonyl (C=O) groups excluding carboxylic acids is 1. The van der Waals surface area contributed by atoms with Crippen LogP contribution in [0.3, 0.4) is 0 Å². The fourth-order valence-corrected chi connectivity index (χ4v) is 3.97. The van der Waals surface area contributed by atoms with Crippen LogP contribution in [-0.4, -0.2) is 40.9 Å². The van der Waals surface area contributed by atoms with Gasteiger partial charge in [-0.1, -0.05) is 23.7 Å². The van der Waals surface area contributed by atoms with Crippen molar-refractivity contribution in [1.29, 1.82) is 0 Å². The molecular formula is C26H29ClFN5O4. The second-order valence-electron chi connectivity index (χ2n) is 8.94. The Labute approximate surface area is 219 Å².